The van der Waals surface area contributed by atoms with Gasteiger partial charge in [0.05, 0.1) is 23.3 Å². The Morgan fingerprint density at radius 3 is 2.50 bits per heavy atom. The van der Waals surface area contributed by atoms with Crippen LogP contribution < -0.4 is 4.74 Å². The molecular weight excluding hydrogens is 618 g/mol. The Kier molecular flexibility index (Phi) is 10.1. The van der Waals surface area contributed by atoms with E-state index < -0.39 is 29.8 Å². The second kappa shape index (κ2) is 14.2. The third kappa shape index (κ3) is 8.17. The summed E-state index contributed by atoms with van der Waals surface area (Å²) in [5.74, 6) is -0.331. The van der Waals surface area contributed by atoms with Gasteiger partial charge in [0, 0.05) is 39.0 Å². The first-order valence-electron chi connectivity index (χ1n) is 15.7. The van der Waals surface area contributed by atoms with Crippen molar-refractivity contribution < 1.29 is 33.7 Å². The predicted molar refractivity (Wildman–Crippen MR) is 175 cm³/mol. The molecule has 0 bridgehead atoms. The van der Waals surface area contributed by atoms with Crippen molar-refractivity contribution >= 4 is 29.2 Å². The van der Waals surface area contributed by atoms with Crippen LogP contribution in [0.5, 0.6) is 6.01 Å². The number of benzene rings is 1. The molecule has 1 aliphatic rings. The summed E-state index contributed by atoms with van der Waals surface area (Å²) in [4.78, 5) is 58.4. The molecule has 1 saturated heterocycles. The van der Waals surface area contributed by atoms with Crippen molar-refractivity contribution in [3.8, 4) is 17.4 Å². The van der Waals surface area contributed by atoms with E-state index in [9.17, 15) is 19.5 Å². The van der Waals surface area contributed by atoms with Gasteiger partial charge in [-0.3, -0.25) is 9.88 Å². The molecule has 0 aliphatic carbocycles. The average molecular weight is 660 g/mol. The third-order valence-electron chi connectivity index (χ3n) is 7.77. The Labute approximate surface area is 278 Å². The summed E-state index contributed by atoms with van der Waals surface area (Å²) in [5.41, 5.74) is 2.75. The lowest BCUT2D eigenvalue weighted by Gasteiger charge is -2.26. The topological polar surface area (TPSA) is 162 Å². The second-order valence-electron chi connectivity index (χ2n) is 13.0. The van der Waals surface area contributed by atoms with Gasteiger partial charge in [-0.15, -0.1) is 0 Å². The number of nitrogens with zero attached hydrogens (tertiary/aromatic N) is 7. The Morgan fingerprint density at radius 2 is 1.79 bits per heavy atom. The number of likely N-dealkylation sites (tertiary alicyclic amines) is 1. The first-order chi connectivity index (χ1) is 22.8. The number of hydrogen-bond donors (Lipinski definition) is 1. The number of aromatic nitrogens is 5. The lowest BCUT2D eigenvalue weighted by Crippen LogP contribution is -2.40. The van der Waals surface area contributed by atoms with Gasteiger partial charge in [0.25, 0.3) is 0 Å². The molecule has 3 atom stereocenters. The minimum absolute atomic E-state index is 0.00634. The molecule has 48 heavy (non-hydrogen) atoms. The van der Waals surface area contributed by atoms with Crippen molar-refractivity contribution in [2.75, 3.05) is 20.1 Å². The summed E-state index contributed by atoms with van der Waals surface area (Å²) in [5, 5.41) is 9.83. The number of aryl methyl sites for hydroxylation is 1. The van der Waals surface area contributed by atoms with Crippen molar-refractivity contribution in [2.24, 2.45) is 5.92 Å². The summed E-state index contributed by atoms with van der Waals surface area (Å²) in [7, 11) is 1.72. The van der Waals surface area contributed by atoms with Gasteiger partial charge in [0.15, 0.2) is 0 Å². The number of ether oxygens (including phenoxy) is 3. The summed E-state index contributed by atoms with van der Waals surface area (Å²) in [6.07, 6.45) is 1.44. The molecule has 1 N–H and O–H groups in total. The fraction of sp³-hybridized carbons (Fsp3) is 0.441. The number of amides is 2. The highest BCUT2D eigenvalue weighted by Gasteiger charge is 2.42. The Bertz CT molecular complexity index is 1770. The van der Waals surface area contributed by atoms with Gasteiger partial charge in [0.1, 0.15) is 35.9 Å². The molecular formula is C34H41N7O7. The number of fused-ring (bicyclic) bond motifs is 1. The molecule has 1 aromatic carbocycles. The van der Waals surface area contributed by atoms with Crippen LogP contribution >= 0.6 is 0 Å². The van der Waals surface area contributed by atoms with Crippen molar-refractivity contribution in [1.29, 1.82) is 0 Å². The Hall–Kier alpha value is -5.27. The van der Waals surface area contributed by atoms with E-state index in [-0.39, 0.29) is 37.6 Å². The van der Waals surface area contributed by atoms with Gasteiger partial charge >= 0.3 is 24.2 Å². The summed E-state index contributed by atoms with van der Waals surface area (Å²) < 4.78 is 19.0. The molecule has 14 nitrogen and oxygen atoms in total. The first kappa shape index (κ1) is 34.1. The zero-order chi connectivity index (χ0) is 34.6. The number of pyridine rings is 1. The van der Waals surface area contributed by atoms with Crippen LogP contribution in [0, 0.1) is 12.8 Å². The zero-order valence-electron chi connectivity index (χ0n) is 28.0. The van der Waals surface area contributed by atoms with E-state index in [1.54, 1.807) is 30.4 Å². The summed E-state index contributed by atoms with van der Waals surface area (Å²) in [6, 6.07) is 11.6. The highest BCUT2D eigenvalue weighted by Crippen LogP contribution is 2.29. The van der Waals surface area contributed by atoms with Crippen LogP contribution in [0.2, 0.25) is 0 Å². The summed E-state index contributed by atoms with van der Waals surface area (Å²) >= 11 is 0. The molecule has 1 fully saturated rings. The summed E-state index contributed by atoms with van der Waals surface area (Å²) in [6.45, 7) is 10.5. The van der Waals surface area contributed by atoms with E-state index in [0.717, 1.165) is 27.3 Å². The maximum absolute atomic E-state index is 12.9. The lowest BCUT2D eigenvalue weighted by molar-refractivity contribution is -0.141. The minimum Gasteiger partial charge on any atom is -0.480 e. The molecule has 0 radical (unpaired) electrons. The van der Waals surface area contributed by atoms with E-state index in [1.165, 1.54) is 0 Å². The van der Waals surface area contributed by atoms with E-state index in [2.05, 4.69) is 19.5 Å². The van der Waals surface area contributed by atoms with E-state index in [4.69, 9.17) is 19.2 Å². The molecule has 5 rings (SSSR count). The van der Waals surface area contributed by atoms with Crippen LogP contribution in [-0.2, 0) is 27.4 Å². The average Bonchev–Trinajstić information content (AvgIpc) is 3.60. The van der Waals surface area contributed by atoms with Crippen LogP contribution in [-0.4, -0.2) is 95.4 Å². The maximum Gasteiger partial charge on any atom is 0.410 e. The number of carbonyl (C=O) groups is 3. The van der Waals surface area contributed by atoms with Crippen LogP contribution in [0.4, 0.5) is 9.59 Å². The van der Waals surface area contributed by atoms with Crippen LogP contribution in [0.3, 0.4) is 0 Å². The Morgan fingerprint density at radius 1 is 1.06 bits per heavy atom. The number of carboxylic acid groups (broad SMARTS) is 1. The second-order valence-corrected chi connectivity index (χ2v) is 13.0. The van der Waals surface area contributed by atoms with Crippen LogP contribution in [0.25, 0.3) is 22.4 Å². The molecule has 0 unspecified atom stereocenters. The number of hydrogen-bond acceptors (Lipinski definition) is 10. The van der Waals surface area contributed by atoms with Gasteiger partial charge in [0.2, 0.25) is 0 Å². The number of carboxylic acids is 1. The highest BCUT2D eigenvalue weighted by atomic mass is 16.6. The number of aliphatic carboxylic acids is 1. The molecule has 1 aliphatic heterocycles. The van der Waals surface area contributed by atoms with Crippen molar-refractivity contribution in [2.45, 2.75) is 71.9 Å². The molecule has 3 aromatic heterocycles. The van der Waals surface area contributed by atoms with E-state index in [0.29, 0.717) is 24.5 Å². The minimum atomic E-state index is -1.15. The third-order valence-corrected chi connectivity index (χ3v) is 7.77. The lowest BCUT2D eigenvalue weighted by atomic mass is 10.1. The van der Waals surface area contributed by atoms with E-state index in [1.807, 2.05) is 71.0 Å². The van der Waals surface area contributed by atoms with Crippen molar-refractivity contribution in [1.82, 2.24) is 34.3 Å². The fourth-order valence-electron chi connectivity index (χ4n) is 5.66. The van der Waals surface area contributed by atoms with Gasteiger partial charge in [-0.05, 0) is 51.3 Å². The van der Waals surface area contributed by atoms with Gasteiger partial charge in [-0.25, -0.2) is 24.4 Å². The molecule has 0 saturated carbocycles. The number of carbonyl (C=O) groups excluding carboxylic acids is 2. The monoisotopic (exact) mass is 659 g/mol. The van der Waals surface area contributed by atoms with Gasteiger partial charge in [-0.1, -0.05) is 37.3 Å². The smallest absolute Gasteiger partial charge is 0.410 e. The molecule has 254 valence electrons. The van der Waals surface area contributed by atoms with Gasteiger partial charge < -0.3 is 28.8 Å². The molecule has 0 spiro atoms. The largest absolute Gasteiger partial charge is 0.480 e. The maximum atomic E-state index is 12.9. The normalized spacial score (nSPS) is 16.8. The quantitative estimate of drug-likeness (QED) is 0.245. The molecule has 4 heterocycles. The molecule has 4 aromatic rings. The Balaban J connectivity index is 1.31. The fourth-order valence-corrected chi connectivity index (χ4v) is 5.66. The van der Waals surface area contributed by atoms with Crippen molar-refractivity contribution in [3.63, 3.8) is 0 Å². The zero-order valence-corrected chi connectivity index (χ0v) is 28.0. The van der Waals surface area contributed by atoms with E-state index >= 15 is 0 Å². The molecule has 2 amide bonds. The number of rotatable bonds is 10. The molecule has 14 heteroatoms. The first-order valence-corrected chi connectivity index (χ1v) is 15.7. The van der Waals surface area contributed by atoms with Gasteiger partial charge in [-0.2, -0.15) is 4.98 Å². The standard InChI is InChI=1S/C34H41N7O7/c1-21(17-39(6)32(44)48-34(3,4)5)18-40-22(2)37-26-13-14-35-28(29(26)40)25-12-15-36-31(38-25)47-24-16-27(30(42)43)41(19-24)33(45)46-20-23-10-8-7-9-11-23/h7-15,21,24,27H,16-20H2,1-6H3,(H,42,43)/t21-,24-,27-/m0/s1. The highest BCUT2D eigenvalue weighted by molar-refractivity contribution is 5.89. The van der Waals surface area contributed by atoms with Crippen molar-refractivity contribution in [3.05, 3.63) is 66.2 Å². The number of imidazole rings is 1. The predicted octanol–water partition coefficient (Wildman–Crippen LogP) is 4.94. The van der Waals surface area contributed by atoms with Crippen LogP contribution in [0.15, 0.2) is 54.9 Å². The SMILES string of the molecule is Cc1nc2ccnc(-c3ccnc(O[C@H]4C[C@@H](C(=O)O)N(C(=O)OCc5ccccc5)C4)n3)c2n1C[C@@H](C)CN(C)C(=O)OC(C)(C)C. The van der Waals surface area contributed by atoms with Crippen LogP contribution in [0.1, 0.15) is 45.5 Å².